The second kappa shape index (κ2) is 7.97. The maximum absolute atomic E-state index is 15.5. The van der Waals surface area contributed by atoms with Crippen LogP contribution >= 0.6 is 22.9 Å². The first kappa shape index (κ1) is 22.1. The SMILES string of the molecule is Cn1cc(CN2CCc3c(cc(F)c(-c4ccc(F)c5sc(N)c(C#N)c45)c3Cl)C2=O)c(N)n1. The van der Waals surface area contributed by atoms with Crippen molar-refractivity contribution in [1.29, 1.82) is 5.26 Å². The fraction of sp³-hybridized carbons (Fsp3) is 0.174. The number of nitrogens with zero attached hydrogens (tertiary/aromatic N) is 4. The molecule has 0 spiro atoms. The van der Waals surface area contributed by atoms with Gasteiger partial charge in [0.05, 0.1) is 21.8 Å². The number of amides is 1. The maximum Gasteiger partial charge on any atom is 0.254 e. The molecule has 11 heteroatoms. The molecule has 4 aromatic rings. The Balaban J connectivity index is 1.62. The summed E-state index contributed by atoms with van der Waals surface area (Å²) in [7, 11) is 1.73. The van der Waals surface area contributed by atoms with Gasteiger partial charge in [-0.3, -0.25) is 9.48 Å². The number of hydrogen-bond donors (Lipinski definition) is 2. The number of hydrogen-bond acceptors (Lipinski definition) is 6. The number of aryl methyl sites for hydroxylation is 1. The first-order valence-corrected chi connectivity index (χ1v) is 11.4. The van der Waals surface area contributed by atoms with Gasteiger partial charge in [-0.05, 0) is 29.7 Å². The first-order valence-electron chi connectivity index (χ1n) is 10.2. The number of benzene rings is 2. The molecule has 0 bridgehead atoms. The zero-order valence-electron chi connectivity index (χ0n) is 17.8. The molecule has 4 N–H and O–H groups in total. The fourth-order valence-electron chi connectivity index (χ4n) is 4.40. The third-order valence-electron chi connectivity index (χ3n) is 5.97. The molecule has 1 aliphatic rings. The lowest BCUT2D eigenvalue weighted by Gasteiger charge is -2.30. The van der Waals surface area contributed by atoms with E-state index in [-0.39, 0.29) is 54.8 Å². The molecule has 172 valence electrons. The standard InChI is InChI=1S/C23H17ClF2N6OS/c1-31-8-10(21(28)30-31)9-32-5-4-11-13(23(32)33)6-16(26)18(19(11)24)12-2-3-15(25)20-17(12)14(7-27)22(29)34-20/h2-3,6,8H,4-5,9,29H2,1H3,(H2,28,30). The van der Waals surface area contributed by atoms with Gasteiger partial charge in [-0.1, -0.05) is 17.7 Å². The average Bonchev–Trinajstić information content (AvgIpc) is 3.29. The number of nitrogen functional groups attached to an aromatic ring is 2. The fourth-order valence-corrected chi connectivity index (χ4v) is 5.74. The van der Waals surface area contributed by atoms with Crippen LogP contribution in [-0.2, 0) is 20.0 Å². The molecule has 0 unspecified atom stereocenters. The van der Waals surface area contributed by atoms with Crippen molar-refractivity contribution < 1.29 is 13.6 Å². The quantitative estimate of drug-likeness (QED) is 0.432. The number of nitrogens with two attached hydrogens (primary N) is 2. The van der Waals surface area contributed by atoms with Crippen LogP contribution < -0.4 is 11.5 Å². The van der Waals surface area contributed by atoms with E-state index >= 15 is 4.39 Å². The van der Waals surface area contributed by atoms with Crippen LogP contribution in [0.2, 0.25) is 5.02 Å². The Bertz CT molecular complexity index is 1550. The van der Waals surface area contributed by atoms with E-state index in [1.807, 2.05) is 6.07 Å². The van der Waals surface area contributed by atoms with Gasteiger partial charge < -0.3 is 16.4 Å². The number of anilines is 2. The van der Waals surface area contributed by atoms with Gasteiger partial charge in [0, 0.05) is 41.9 Å². The molecule has 2 aromatic carbocycles. The van der Waals surface area contributed by atoms with E-state index < -0.39 is 11.6 Å². The van der Waals surface area contributed by atoms with Crippen molar-refractivity contribution in [3.05, 3.63) is 63.3 Å². The molecule has 7 nitrogen and oxygen atoms in total. The Labute approximate surface area is 201 Å². The molecule has 3 heterocycles. The number of aromatic nitrogens is 2. The highest BCUT2D eigenvalue weighted by atomic mass is 35.5. The number of fused-ring (bicyclic) bond motifs is 2. The van der Waals surface area contributed by atoms with Crippen LogP contribution in [0.4, 0.5) is 19.6 Å². The first-order chi connectivity index (χ1) is 16.2. The zero-order valence-corrected chi connectivity index (χ0v) is 19.4. The highest BCUT2D eigenvalue weighted by Gasteiger charge is 2.31. The molecule has 1 aliphatic heterocycles. The monoisotopic (exact) mass is 498 g/mol. The molecular weight excluding hydrogens is 482 g/mol. The summed E-state index contributed by atoms with van der Waals surface area (Å²) in [5, 5.41) is 14.1. The number of thiophene rings is 1. The summed E-state index contributed by atoms with van der Waals surface area (Å²) in [5.74, 6) is -1.36. The van der Waals surface area contributed by atoms with Gasteiger partial charge in [0.25, 0.3) is 5.91 Å². The van der Waals surface area contributed by atoms with Gasteiger partial charge in [-0.25, -0.2) is 8.78 Å². The van der Waals surface area contributed by atoms with Crippen molar-refractivity contribution in [3.63, 3.8) is 0 Å². The Kier molecular flexibility index (Phi) is 5.19. The molecule has 0 fully saturated rings. The normalized spacial score (nSPS) is 13.4. The number of nitriles is 1. The predicted molar refractivity (Wildman–Crippen MR) is 127 cm³/mol. The van der Waals surface area contributed by atoms with Crippen molar-refractivity contribution in [1.82, 2.24) is 14.7 Å². The highest BCUT2D eigenvalue weighted by Crippen LogP contribution is 2.45. The highest BCUT2D eigenvalue weighted by molar-refractivity contribution is 7.23. The second-order valence-corrected chi connectivity index (χ2v) is 9.45. The van der Waals surface area contributed by atoms with Crippen molar-refractivity contribution in [2.24, 2.45) is 7.05 Å². The molecule has 0 saturated heterocycles. The summed E-state index contributed by atoms with van der Waals surface area (Å²) in [6.07, 6.45) is 2.11. The van der Waals surface area contributed by atoms with Crippen molar-refractivity contribution in [2.45, 2.75) is 13.0 Å². The Morgan fingerprint density at radius 1 is 1.26 bits per heavy atom. The zero-order chi connectivity index (χ0) is 24.3. The molecule has 2 aromatic heterocycles. The van der Waals surface area contributed by atoms with E-state index in [1.54, 1.807) is 22.8 Å². The third-order valence-corrected chi connectivity index (χ3v) is 7.41. The topological polar surface area (TPSA) is 114 Å². The van der Waals surface area contributed by atoms with Crippen LogP contribution in [0.5, 0.6) is 0 Å². The molecule has 0 radical (unpaired) electrons. The number of carbonyl (C=O) groups is 1. The largest absolute Gasteiger partial charge is 0.389 e. The van der Waals surface area contributed by atoms with Gasteiger partial charge in [-0.15, -0.1) is 11.3 Å². The molecule has 0 atom stereocenters. The van der Waals surface area contributed by atoms with Crippen molar-refractivity contribution >= 4 is 49.7 Å². The maximum atomic E-state index is 15.5. The summed E-state index contributed by atoms with van der Waals surface area (Å²) >= 11 is 7.58. The summed E-state index contributed by atoms with van der Waals surface area (Å²) in [4.78, 5) is 14.7. The van der Waals surface area contributed by atoms with Crippen LogP contribution in [-0.4, -0.2) is 27.1 Å². The van der Waals surface area contributed by atoms with Gasteiger partial charge in [0.15, 0.2) is 0 Å². The summed E-state index contributed by atoms with van der Waals surface area (Å²) in [5.41, 5.74) is 13.5. The lowest BCUT2D eigenvalue weighted by Crippen LogP contribution is -2.37. The predicted octanol–water partition coefficient (Wildman–Crippen LogP) is 4.47. The molecule has 0 saturated carbocycles. The number of rotatable bonds is 3. The van der Waals surface area contributed by atoms with Gasteiger partial charge in [0.2, 0.25) is 0 Å². The van der Waals surface area contributed by atoms with Gasteiger partial charge in [-0.2, -0.15) is 10.4 Å². The minimum atomic E-state index is -0.749. The van der Waals surface area contributed by atoms with Crippen LogP contribution in [0.1, 0.15) is 27.0 Å². The molecule has 1 amide bonds. The van der Waals surface area contributed by atoms with Crippen LogP contribution in [0.15, 0.2) is 24.4 Å². The Morgan fingerprint density at radius 3 is 2.71 bits per heavy atom. The van der Waals surface area contributed by atoms with Crippen LogP contribution in [0.3, 0.4) is 0 Å². The van der Waals surface area contributed by atoms with E-state index in [4.69, 9.17) is 23.1 Å². The Hall–Kier alpha value is -3.68. The second-order valence-electron chi connectivity index (χ2n) is 8.02. The molecule has 5 rings (SSSR count). The van der Waals surface area contributed by atoms with E-state index in [0.717, 1.165) is 17.4 Å². The van der Waals surface area contributed by atoms with E-state index in [2.05, 4.69) is 5.10 Å². The lowest BCUT2D eigenvalue weighted by atomic mass is 9.91. The summed E-state index contributed by atoms with van der Waals surface area (Å²) in [6.45, 7) is 0.579. The average molecular weight is 499 g/mol. The molecule has 34 heavy (non-hydrogen) atoms. The minimum Gasteiger partial charge on any atom is -0.389 e. The summed E-state index contributed by atoms with van der Waals surface area (Å²) in [6, 6.07) is 5.69. The van der Waals surface area contributed by atoms with Gasteiger partial charge in [0.1, 0.15) is 28.5 Å². The van der Waals surface area contributed by atoms with E-state index in [0.29, 0.717) is 29.9 Å². The smallest absolute Gasteiger partial charge is 0.254 e. The van der Waals surface area contributed by atoms with E-state index in [1.165, 1.54) is 12.1 Å². The van der Waals surface area contributed by atoms with Crippen LogP contribution in [0, 0.1) is 23.0 Å². The third kappa shape index (κ3) is 3.28. The van der Waals surface area contributed by atoms with Gasteiger partial charge >= 0.3 is 0 Å². The molecule has 0 aliphatic carbocycles. The minimum absolute atomic E-state index is 0.0115. The van der Waals surface area contributed by atoms with Crippen LogP contribution in [0.25, 0.3) is 21.2 Å². The Morgan fingerprint density at radius 2 is 2.03 bits per heavy atom. The summed E-state index contributed by atoms with van der Waals surface area (Å²) < 4.78 is 31.7. The van der Waals surface area contributed by atoms with Crippen molar-refractivity contribution in [2.75, 3.05) is 18.0 Å². The van der Waals surface area contributed by atoms with E-state index in [9.17, 15) is 14.4 Å². The number of halogens is 3. The molecular formula is C23H17ClF2N6OS. The van der Waals surface area contributed by atoms with Crippen molar-refractivity contribution in [3.8, 4) is 17.2 Å². The lowest BCUT2D eigenvalue weighted by molar-refractivity contribution is 0.0727. The number of carbonyl (C=O) groups excluding carboxylic acids is 1.